The van der Waals surface area contributed by atoms with E-state index in [0.717, 1.165) is 28.5 Å². The van der Waals surface area contributed by atoms with Gasteiger partial charge in [-0.15, -0.1) is 0 Å². The van der Waals surface area contributed by atoms with E-state index in [-0.39, 0.29) is 27.9 Å². The molecule has 38 heavy (non-hydrogen) atoms. The van der Waals surface area contributed by atoms with Gasteiger partial charge in [-0.2, -0.15) is 0 Å². The van der Waals surface area contributed by atoms with Crippen LogP contribution in [0.5, 0.6) is 5.75 Å². The van der Waals surface area contributed by atoms with Gasteiger partial charge in [-0.25, -0.2) is 18.5 Å². The molecule has 2 amide bonds. The van der Waals surface area contributed by atoms with Crippen LogP contribution < -0.4 is 20.1 Å². The fourth-order valence-electron chi connectivity index (χ4n) is 3.84. The van der Waals surface area contributed by atoms with Gasteiger partial charge in [-0.3, -0.25) is 14.5 Å². The van der Waals surface area contributed by atoms with Crippen molar-refractivity contribution in [1.29, 1.82) is 0 Å². The van der Waals surface area contributed by atoms with Crippen LogP contribution in [0.2, 0.25) is 0 Å². The largest absolute Gasteiger partial charge is 0.497 e. The number of hydrogen-bond acceptors (Lipinski definition) is 7. The van der Waals surface area contributed by atoms with Gasteiger partial charge in [0.2, 0.25) is 15.9 Å². The maximum absolute atomic E-state index is 13.5. The summed E-state index contributed by atoms with van der Waals surface area (Å²) in [6, 6.07) is 18.7. The monoisotopic (exact) mass is 550 g/mol. The number of anilines is 2. The van der Waals surface area contributed by atoms with Gasteiger partial charge in [0.15, 0.2) is 5.17 Å². The molecule has 3 N–H and O–H groups in total. The molecule has 0 radical (unpaired) electrons. The van der Waals surface area contributed by atoms with Crippen LogP contribution >= 0.6 is 11.8 Å². The number of aryl methyl sites for hydroxylation is 2. The van der Waals surface area contributed by atoms with Crippen molar-refractivity contribution in [3.05, 3.63) is 89.1 Å². The Bertz CT molecular complexity index is 1540. The minimum atomic E-state index is -3.91. The van der Waals surface area contributed by atoms with Gasteiger partial charge in [-0.05, 0) is 79.1 Å². The summed E-state index contributed by atoms with van der Waals surface area (Å²) in [5.74, 6) is -0.0793. The van der Waals surface area contributed by atoms with E-state index in [9.17, 15) is 18.0 Å². The highest BCUT2D eigenvalue weighted by molar-refractivity contribution is 8.14. The average molecular weight is 551 g/mol. The maximum atomic E-state index is 13.5. The molecule has 1 aliphatic rings. The normalized spacial score (nSPS) is 14.5. The highest BCUT2D eigenvalue weighted by atomic mass is 32.2. The Balaban J connectivity index is 1.58. The predicted octanol–water partition coefficient (Wildman–Crippen LogP) is 4.08. The smallest absolute Gasteiger partial charge is 0.283 e. The van der Waals surface area contributed by atoms with Crippen molar-refractivity contribution in [1.82, 2.24) is 0 Å². The minimum absolute atomic E-state index is 0.0666. The van der Waals surface area contributed by atoms with E-state index < -0.39 is 15.9 Å². The summed E-state index contributed by atoms with van der Waals surface area (Å²) < 4.78 is 28.4. The van der Waals surface area contributed by atoms with Crippen molar-refractivity contribution in [3.63, 3.8) is 0 Å². The molecular formula is C27H26N4O5S2. The first-order chi connectivity index (χ1) is 18.0. The molecule has 0 unspecified atom stereocenters. The fourth-order valence-corrected chi connectivity index (χ4v) is 5.21. The number of rotatable bonds is 7. The highest BCUT2D eigenvalue weighted by Gasteiger charge is 2.32. The highest BCUT2D eigenvalue weighted by Crippen LogP contribution is 2.31. The van der Waals surface area contributed by atoms with E-state index in [1.807, 2.05) is 44.2 Å². The van der Waals surface area contributed by atoms with E-state index >= 15 is 0 Å². The molecule has 0 saturated carbocycles. The first kappa shape index (κ1) is 27.1. The van der Waals surface area contributed by atoms with E-state index in [1.165, 1.54) is 23.1 Å². The number of nitrogens with two attached hydrogens (primary N) is 1. The van der Waals surface area contributed by atoms with Crippen LogP contribution in [-0.2, 0) is 19.6 Å². The number of carbonyl (C=O) groups is 2. The average Bonchev–Trinajstić information content (AvgIpc) is 3.17. The number of primary sulfonamides is 1. The molecule has 3 aromatic carbocycles. The van der Waals surface area contributed by atoms with E-state index in [2.05, 4.69) is 10.3 Å². The number of sulfonamides is 1. The molecule has 0 aromatic heterocycles. The first-order valence-electron chi connectivity index (χ1n) is 11.5. The second-order valence-corrected chi connectivity index (χ2v) is 11.1. The summed E-state index contributed by atoms with van der Waals surface area (Å²) in [5.41, 5.74) is 3.92. The van der Waals surface area contributed by atoms with E-state index in [4.69, 9.17) is 9.88 Å². The van der Waals surface area contributed by atoms with Gasteiger partial charge in [0.1, 0.15) is 11.4 Å². The lowest BCUT2D eigenvalue weighted by Gasteiger charge is -2.19. The maximum Gasteiger partial charge on any atom is 0.283 e. The molecule has 9 nitrogen and oxygen atoms in total. The van der Waals surface area contributed by atoms with Gasteiger partial charge in [0.25, 0.3) is 5.91 Å². The molecule has 0 fully saturated rings. The lowest BCUT2D eigenvalue weighted by Crippen LogP contribution is -2.31. The lowest BCUT2D eigenvalue weighted by atomic mass is 10.1. The third kappa shape index (κ3) is 6.49. The van der Waals surface area contributed by atoms with Gasteiger partial charge >= 0.3 is 0 Å². The van der Waals surface area contributed by atoms with Gasteiger partial charge in [0.05, 0.1) is 23.4 Å². The summed E-state index contributed by atoms with van der Waals surface area (Å²) in [6.45, 7) is 3.89. The summed E-state index contributed by atoms with van der Waals surface area (Å²) in [5, 5.41) is 8.19. The number of amides is 2. The van der Waals surface area contributed by atoms with Crippen molar-refractivity contribution in [2.75, 3.05) is 23.1 Å². The Kier molecular flexibility index (Phi) is 8.00. The number of nitrogens with zero attached hydrogens (tertiary/aromatic N) is 2. The molecule has 3 aromatic rings. The quantitative estimate of drug-likeness (QED) is 0.426. The third-order valence-corrected chi connectivity index (χ3v) is 7.34. The Hall–Kier alpha value is -3.93. The Morgan fingerprint density at radius 2 is 1.76 bits per heavy atom. The van der Waals surface area contributed by atoms with Crippen molar-refractivity contribution < 1.29 is 22.7 Å². The van der Waals surface area contributed by atoms with Crippen molar-refractivity contribution in [2.45, 2.75) is 18.7 Å². The van der Waals surface area contributed by atoms with Crippen molar-refractivity contribution >= 4 is 56.2 Å². The van der Waals surface area contributed by atoms with Gasteiger partial charge < -0.3 is 10.1 Å². The minimum Gasteiger partial charge on any atom is -0.497 e. The molecular weight excluding hydrogens is 524 g/mol. The standard InChI is InChI=1S/C27H26N4O5S2/c1-17-11-18(2)13-21(12-17)31-26(33)24(14-19-7-9-22(36-3)10-8-19)30-27(31)37-16-25(32)29-20-5-4-6-23(15-20)38(28,34)35/h4-15H,16H2,1-3H3,(H,29,32)(H2,28,34,35)/b24-14+. The second kappa shape index (κ2) is 11.2. The van der Waals surface area contributed by atoms with Crippen LogP contribution in [-0.4, -0.2) is 38.3 Å². The summed E-state index contributed by atoms with van der Waals surface area (Å²) in [7, 11) is -2.33. The van der Waals surface area contributed by atoms with Crippen LogP contribution in [0.25, 0.3) is 6.08 Å². The van der Waals surface area contributed by atoms with Crippen molar-refractivity contribution in [3.8, 4) is 5.75 Å². The molecule has 0 aliphatic carbocycles. The number of hydrogen-bond donors (Lipinski definition) is 2. The second-order valence-electron chi connectivity index (χ2n) is 8.59. The number of benzene rings is 3. The molecule has 1 heterocycles. The van der Waals surface area contributed by atoms with Crippen LogP contribution in [0.15, 0.2) is 82.3 Å². The molecule has 11 heteroatoms. The number of thioether (sulfide) groups is 1. The van der Waals surface area contributed by atoms with Gasteiger partial charge in [0, 0.05) is 5.69 Å². The summed E-state index contributed by atoms with van der Waals surface area (Å²) in [4.78, 5) is 32.1. The van der Waals surface area contributed by atoms with Crippen LogP contribution in [0.1, 0.15) is 16.7 Å². The van der Waals surface area contributed by atoms with Crippen LogP contribution in [0.4, 0.5) is 11.4 Å². The zero-order chi connectivity index (χ0) is 27.4. The van der Waals surface area contributed by atoms with E-state index in [0.29, 0.717) is 16.6 Å². The number of carbonyl (C=O) groups excluding carboxylic acids is 2. The van der Waals surface area contributed by atoms with Gasteiger partial charge in [-0.1, -0.05) is 36.0 Å². The number of ether oxygens (including phenoxy) is 1. The number of nitrogens with one attached hydrogen (secondary N) is 1. The molecule has 0 saturated heterocycles. The number of amidine groups is 1. The molecule has 0 atom stereocenters. The van der Waals surface area contributed by atoms with Crippen LogP contribution in [0.3, 0.4) is 0 Å². The molecule has 1 aliphatic heterocycles. The molecule has 196 valence electrons. The topological polar surface area (TPSA) is 131 Å². The Labute approximate surface area is 225 Å². The summed E-state index contributed by atoms with van der Waals surface area (Å²) >= 11 is 1.10. The first-order valence-corrected chi connectivity index (χ1v) is 14.0. The zero-order valence-corrected chi connectivity index (χ0v) is 22.6. The Morgan fingerprint density at radius 1 is 1.08 bits per heavy atom. The Morgan fingerprint density at radius 3 is 2.39 bits per heavy atom. The summed E-state index contributed by atoms with van der Waals surface area (Å²) in [6.07, 6.45) is 1.68. The lowest BCUT2D eigenvalue weighted by molar-refractivity contribution is -0.114. The number of aliphatic imine (C=N–C) groups is 1. The fraction of sp³-hybridized carbons (Fsp3) is 0.148. The van der Waals surface area contributed by atoms with E-state index in [1.54, 1.807) is 31.4 Å². The third-order valence-electron chi connectivity index (χ3n) is 5.49. The molecule has 0 spiro atoms. The van der Waals surface area contributed by atoms with Crippen LogP contribution in [0, 0.1) is 13.8 Å². The van der Waals surface area contributed by atoms with Crippen molar-refractivity contribution in [2.24, 2.45) is 10.1 Å². The molecule has 0 bridgehead atoms. The molecule has 4 rings (SSSR count). The predicted molar refractivity (Wildman–Crippen MR) is 151 cm³/mol. The number of methoxy groups -OCH3 is 1. The SMILES string of the molecule is COc1ccc(/C=C2/N=C(SCC(=O)Nc3cccc(S(N)(=O)=O)c3)N(c3cc(C)cc(C)c3)C2=O)cc1. The zero-order valence-electron chi connectivity index (χ0n) is 21.0.